The van der Waals surface area contributed by atoms with Gasteiger partial charge in [0.05, 0.1) is 5.39 Å². The lowest BCUT2D eigenvalue weighted by molar-refractivity contribution is 0.700. The molecule has 4 N–H and O–H groups in total. The average Bonchev–Trinajstić information content (AvgIpc) is 2.83. The Labute approximate surface area is 125 Å². The lowest BCUT2D eigenvalue weighted by Crippen LogP contribution is -2.37. The Hall–Kier alpha value is -1.67. The van der Waals surface area contributed by atoms with Crippen LogP contribution in [0.15, 0.2) is 4.79 Å². The molecular formula is C12H15N5OS2. The number of hydrogen-bond acceptors (Lipinski definition) is 5. The predicted molar refractivity (Wildman–Crippen MR) is 85.3 cm³/mol. The third-order valence-corrected chi connectivity index (χ3v) is 4.84. The van der Waals surface area contributed by atoms with Gasteiger partial charge in [0.1, 0.15) is 4.83 Å². The lowest BCUT2D eigenvalue weighted by Gasteiger charge is -2.10. The maximum atomic E-state index is 12.2. The fourth-order valence-corrected chi connectivity index (χ4v) is 3.71. The van der Waals surface area contributed by atoms with Crippen molar-refractivity contribution in [1.29, 1.82) is 0 Å². The molecule has 1 aliphatic rings. The smallest absolute Gasteiger partial charge is 0.261 e. The molecule has 1 aliphatic carbocycles. The van der Waals surface area contributed by atoms with E-state index in [-0.39, 0.29) is 5.56 Å². The summed E-state index contributed by atoms with van der Waals surface area (Å²) in [6.07, 6.45) is 4.38. The highest BCUT2D eigenvalue weighted by molar-refractivity contribution is 7.80. The van der Waals surface area contributed by atoms with Crippen LogP contribution in [0.2, 0.25) is 0 Å². The molecule has 0 bridgehead atoms. The van der Waals surface area contributed by atoms with E-state index in [1.807, 2.05) is 0 Å². The number of thiophene rings is 1. The number of nitrogens with zero attached hydrogens (tertiary/aromatic N) is 1. The van der Waals surface area contributed by atoms with Crippen LogP contribution in [0, 0.1) is 0 Å². The molecule has 0 spiro atoms. The Morgan fingerprint density at radius 2 is 2.20 bits per heavy atom. The molecule has 0 aromatic carbocycles. The largest absolute Gasteiger partial charge is 0.364 e. The highest BCUT2D eigenvalue weighted by atomic mass is 32.1. The molecule has 0 unspecified atom stereocenters. The number of H-pyrrole nitrogens is 1. The first-order valence-electron chi connectivity index (χ1n) is 6.47. The summed E-state index contributed by atoms with van der Waals surface area (Å²) in [4.78, 5) is 21.5. The van der Waals surface area contributed by atoms with Crippen LogP contribution < -0.4 is 21.7 Å². The van der Waals surface area contributed by atoms with Crippen LogP contribution in [0.1, 0.15) is 23.3 Å². The summed E-state index contributed by atoms with van der Waals surface area (Å²) in [6.45, 7) is 0. The quantitative estimate of drug-likeness (QED) is 0.494. The summed E-state index contributed by atoms with van der Waals surface area (Å²) in [5.41, 5.74) is 6.64. The van der Waals surface area contributed by atoms with Crippen molar-refractivity contribution >= 4 is 44.8 Å². The summed E-state index contributed by atoms with van der Waals surface area (Å²) in [5.74, 6) is 0.374. The van der Waals surface area contributed by atoms with E-state index < -0.39 is 0 Å². The first kappa shape index (κ1) is 13.3. The summed E-state index contributed by atoms with van der Waals surface area (Å²) in [5, 5.41) is 3.95. The first-order chi connectivity index (χ1) is 9.69. The second-order valence-electron chi connectivity index (χ2n) is 4.63. The van der Waals surface area contributed by atoms with Gasteiger partial charge >= 0.3 is 0 Å². The summed E-state index contributed by atoms with van der Waals surface area (Å²) in [6, 6.07) is 0. The fraction of sp³-hybridized carbons (Fsp3) is 0.417. The number of nitrogens with one attached hydrogen (secondary N) is 4. The van der Waals surface area contributed by atoms with E-state index in [0.717, 1.165) is 29.5 Å². The zero-order valence-electron chi connectivity index (χ0n) is 11.0. The van der Waals surface area contributed by atoms with Gasteiger partial charge in [0.2, 0.25) is 5.95 Å². The zero-order valence-corrected chi connectivity index (χ0v) is 12.6. The van der Waals surface area contributed by atoms with Crippen molar-refractivity contribution < 1.29 is 0 Å². The standard InChI is InChI=1S/C12H15N5OS2/c1-13-12(19)17-16-11-14-9(18)8-6-4-2-3-5-7(6)20-10(8)15-11/h2-5H2,1H3,(H2,13,17,19)(H2,14,15,16,18). The van der Waals surface area contributed by atoms with E-state index >= 15 is 0 Å². The second kappa shape index (κ2) is 5.37. The van der Waals surface area contributed by atoms with Gasteiger partial charge in [-0.3, -0.25) is 20.6 Å². The predicted octanol–water partition coefficient (Wildman–Crippen LogP) is 1.28. The summed E-state index contributed by atoms with van der Waals surface area (Å²) >= 11 is 6.57. The molecule has 3 rings (SSSR count). The number of aromatic nitrogens is 2. The average molecular weight is 309 g/mol. The minimum atomic E-state index is -0.0888. The van der Waals surface area contributed by atoms with Crippen molar-refractivity contribution in [3.8, 4) is 0 Å². The van der Waals surface area contributed by atoms with Crippen molar-refractivity contribution in [3.05, 3.63) is 20.8 Å². The third kappa shape index (κ3) is 2.36. The topological polar surface area (TPSA) is 81.8 Å². The highest BCUT2D eigenvalue weighted by Gasteiger charge is 2.19. The van der Waals surface area contributed by atoms with Crippen LogP contribution in [-0.2, 0) is 12.8 Å². The van der Waals surface area contributed by atoms with Gasteiger partial charge in [-0.15, -0.1) is 11.3 Å². The van der Waals surface area contributed by atoms with Crippen molar-refractivity contribution in [2.24, 2.45) is 0 Å². The van der Waals surface area contributed by atoms with E-state index in [9.17, 15) is 4.79 Å². The second-order valence-corrected chi connectivity index (χ2v) is 6.13. The van der Waals surface area contributed by atoms with Gasteiger partial charge < -0.3 is 5.32 Å². The van der Waals surface area contributed by atoms with Gasteiger partial charge in [0.15, 0.2) is 5.11 Å². The molecule has 2 heterocycles. The zero-order chi connectivity index (χ0) is 14.1. The number of fused-ring (bicyclic) bond motifs is 3. The molecule has 0 atom stereocenters. The molecule has 2 aromatic heterocycles. The van der Waals surface area contributed by atoms with Gasteiger partial charge in [-0.1, -0.05) is 0 Å². The maximum absolute atomic E-state index is 12.2. The molecule has 2 aromatic rings. The van der Waals surface area contributed by atoms with Crippen molar-refractivity contribution in [3.63, 3.8) is 0 Å². The lowest BCUT2D eigenvalue weighted by atomic mass is 9.97. The molecule has 6 nitrogen and oxygen atoms in total. The monoisotopic (exact) mass is 309 g/mol. The van der Waals surface area contributed by atoms with Gasteiger partial charge in [0.25, 0.3) is 5.56 Å². The van der Waals surface area contributed by atoms with Gasteiger partial charge in [-0.05, 0) is 43.5 Å². The number of thiocarbonyl (C=S) groups is 1. The van der Waals surface area contributed by atoms with E-state index in [1.165, 1.54) is 16.9 Å². The summed E-state index contributed by atoms with van der Waals surface area (Å²) in [7, 11) is 1.71. The Kier molecular flexibility index (Phi) is 3.58. The van der Waals surface area contributed by atoms with E-state index in [4.69, 9.17) is 12.2 Å². The van der Waals surface area contributed by atoms with E-state index in [2.05, 4.69) is 26.1 Å². The molecular weight excluding hydrogens is 294 g/mol. The molecule has 0 amide bonds. The third-order valence-electron chi connectivity index (χ3n) is 3.35. The molecule has 0 saturated carbocycles. The van der Waals surface area contributed by atoms with Crippen LogP contribution in [-0.4, -0.2) is 22.1 Å². The fourth-order valence-electron chi connectivity index (χ4n) is 2.40. The Morgan fingerprint density at radius 3 is 3.00 bits per heavy atom. The molecule has 0 fully saturated rings. The van der Waals surface area contributed by atoms with Crippen LogP contribution >= 0.6 is 23.6 Å². The van der Waals surface area contributed by atoms with E-state index in [0.29, 0.717) is 11.1 Å². The Morgan fingerprint density at radius 1 is 1.40 bits per heavy atom. The minimum absolute atomic E-state index is 0.0888. The van der Waals surface area contributed by atoms with Crippen LogP contribution in [0.5, 0.6) is 0 Å². The van der Waals surface area contributed by atoms with Crippen LogP contribution in [0.25, 0.3) is 10.2 Å². The van der Waals surface area contributed by atoms with Gasteiger partial charge in [-0.2, -0.15) is 0 Å². The highest BCUT2D eigenvalue weighted by Crippen LogP contribution is 2.33. The number of rotatable bonds is 2. The first-order valence-corrected chi connectivity index (χ1v) is 7.70. The number of aryl methyl sites for hydroxylation is 2. The number of anilines is 1. The number of hydrazine groups is 1. The SMILES string of the molecule is CNC(=S)NNc1nc2sc3c(c2c(=O)[nH]1)CCCC3. The molecule has 0 aliphatic heterocycles. The number of hydrogen-bond donors (Lipinski definition) is 4. The molecule has 20 heavy (non-hydrogen) atoms. The minimum Gasteiger partial charge on any atom is -0.364 e. The molecule has 0 radical (unpaired) electrons. The van der Waals surface area contributed by atoms with Crippen molar-refractivity contribution in [2.45, 2.75) is 25.7 Å². The Balaban J connectivity index is 1.98. The maximum Gasteiger partial charge on any atom is 0.261 e. The molecule has 0 saturated heterocycles. The van der Waals surface area contributed by atoms with Crippen molar-refractivity contribution in [2.75, 3.05) is 12.5 Å². The normalized spacial score (nSPS) is 13.8. The van der Waals surface area contributed by atoms with Crippen LogP contribution in [0.3, 0.4) is 0 Å². The molecule has 8 heteroatoms. The van der Waals surface area contributed by atoms with E-state index in [1.54, 1.807) is 18.4 Å². The van der Waals surface area contributed by atoms with Gasteiger partial charge in [0, 0.05) is 11.9 Å². The Bertz CT molecular complexity index is 720. The van der Waals surface area contributed by atoms with Crippen LogP contribution in [0.4, 0.5) is 5.95 Å². The molecule has 106 valence electrons. The van der Waals surface area contributed by atoms with Crippen molar-refractivity contribution in [1.82, 2.24) is 20.7 Å². The number of aromatic amines is 1. The summed E-state index contributed by atoms with van der Waals surface area (Å²) < 4.78 is 0. The van der Waals surface area contributed by atoms with Gasteiger partial charge in [-0.25, -0.2) is 4.98 Å².